The number of hydrogen-bond acceptors (Lipinski definition) is 2. The van der Waals surface area contributed by atoms with Crippen molar-refractivity contribution >= 4 is 29.2 Å². The number of rotatable bonds is 2. The third-order valence-electron chi connectivity index (χ3n) is 2.63. The predicted octanol–water partition coefficient (Wildman–Crippen LogP) is 3.49. The van der Waals surface area contributed by atoms with Gasteiger partial charge in [-0.1, -0.05) is 23.2 Å². The van der Waals surface area contributed by atoms with Gasteiger partial charge in [0.2, 0.25) is 0 Å². The number of aromatic carboxylic acids is 1. The highest BCUT2D eigenvalue weighted by Crippen LogP contribution is 2.25. The lowest BCUT2D eigenvalue weighted by Crippen LogP contribution is -2.03. The quantitative estimate of drug-likeness (QED) is 0.918. The number of hydrogen-bond donors (Lipinski definition) is 1. The average Bonchev–Trinajstić information content (AvgIpc) is 2.57. The van der Waals surface area contributed by atoms with Gasteiger partial charge in [0.1, 0.15) is 0 Å². The van der Waals surface area contributed by atoms with Gasteiger partial charge in [0.15, 0.2) is 0 Å². The number of nitrogens with zero attached hydrogens (tertiary/aromatic N) is 2. The lowest BCUT2D eigenvalue weighted by atomic mass is 10.2. The third kappa shape index (κ3) is 2.09. The molecule has 0 atom stereocenters. The van der Waals surface area contributed by atoms with Gasteiger partial charge >= 0.3 is 5.97 Å². The zero-order valence-corrected chi connectivity index (χ0v) is 11.2. The minimum absolute atomic E-state index is 0.0397. The van der Waals surface area contributed by atoms with Gasteiger partial charge in [0.25, 0.3) is 0 Å². The molecule has 0 unspecified atom stereocenters. The van der Waals surface area contributed by atoms with Crippen LogP contribution in [0.3, 0.4) is 0 Å². The van der Waals surface area contributed by atoms with Crippen LogP contribution in [0.5, 0.6) is 0 Å². The molecule has 0 amide bonds. The van der Waals surface area contributed by atoms with Crippen LogP contribution in [-0.2, 0) is 0 Å². The van der Waals surface area contributed by atoms with Crippen molar-refractivity contribution in [2.24, 2.45) is 0 Å². The smallest absolute Gasteiger partial charge is 0.337 e. The summed E-state index contributed by atoms with van der Waals surface area (Å²) >= 11 is 11.9. The van der Waals surface area contributed by atoms with E-state index in [-0.39, 0.29) is 10.6 Å². The molecule has 0 radical (unpaired) electrons. The lowest BCUT2D eigenvalue weighted by Gasteiger charge is -2.06. The summed E-state index contributed by atoms with van der Waals surface area (Å²) in [6.07, 6.45) is 0. The summed E-state index contributed by atoms with van der Waals surface area (Å²) in [5, 5.41) is 14.0. The van der Waals surface area contributed by atoms with Crippen molar-refractivity contribution < 1.29 is 9.90 Å². The summed E-state index contributed by atoms with van der Waals surface area (Å²) in [5.41, 5.74) is 2.11. The van der Waals surface area contributed by atoms with Crippen molar-refractivity contribution in [1.82, 2.24) is 9.78 Å². The number of aromatic nitrogens is 2. The first-order valence-corrected chi connectivity index (χ1v) is 5.92. The number of benzene rings is 1. The molecule has 0 spiro atoms. The number of carboxylic acid groups (broad SMARTS) is 1. The first-order chi connectivity index (χ1) is 8.41. The molecule has 94 valence electrons. The van der Waals surface area contributed by atoms with E-state index in [1.54, 1.807) is 17.7 Å². The Morgan fingerprint density at radius 3 is 2.50 bits per heavy atom. The Morgan fingerprint density at radius 2 is 2.00 bits per heavy atom. The van der Waals surface area contributed by atoms with Crippen molar-refractivity contribution in [2.45, 2.75) is 13.8 Å². The SMILES string of the molecule is Cc1nn(-c2ccc(Cl)c(C(=O)O)c2)c(C)c1Cl. The molecule has 0 saturated heterocycles. The molecule has 2 aromatic rings. The van der Waals surface area contributed by atoms with Crippen molar-refractivity contribution in [3.8, 4) is 5.69 Å². The van der Waals surface area contributed by atoms with Gasteiger partial charge in [-0.25, -0.2) is 9.48 Å². The Balaban J connectivity index is 2.61. The number of aryl methyl sites for hydroxylation is 1. The van der Waals surface area contributed by atoms with Gasteiger partial charge in [-0.15, -0.1) is 0 Å². The predicted molar refractivity (Wildman–Crippen MR) is 70.0 cm³/mol. The molecule has 18 heavy (non-hydrogen) atoms. The molecular weight excluding hydrogens is 275 g/mol. The minimum atomic E-state index is -1.07. The van der Waals surface area contributed by atoms with Gasteiger partial charge in [0.05, 0.1) is 32.7 Å². The second-order valence-electron chi connectivity index (χ2n) is 3.87. The topological polar surface area (TPSA) is 55.1 Å². The molecule has 0 aliphatic heterocycles. The zero-order chi connectivity index (χ0) is 13.4. The summed E-state index contributed by atoms with van der Waals surface area (Å²) in [7, 11) is 0. The highest BCUT2D eigenvalue weighted by atomic mass is 35.5. The van der Waals surface area contributed by atoms with E-state index in [2.05, 4.69) is 5.10 Å². The number of carboxylic acids is 1. The largest absolute Gasteiger partial charge is 0.478 e. The van der Waals surface area contributed by atoms with Gasteiger partial charge < -0.3 is 5.11 Å². The van der Waals surface area contributed by atoms with Crippen LogP contribution in [0.25, 0.3) is 5.69 Å². The monoisotopic (exact) mass is 284 g/mol. The summed E-state index contributed by atoms with van der Waals surface area (Å²) in [5.74, 6) is -1.07. The molecule has 0 saturated carbocycles. The maximum Gasteiger partial charge on any atom is 0.337 e. The Kier molecular flexibility index (Phi) is 3.32. The fourth-order valence-corrected chi connectivity index (χ4v) is 2.00. The number of carbonyl (C=O) groups is 1. The van der Waals surface area contributed by atoms with Gasteiger partial charge in [0, 0.05) is 0 Å². The number of halogens is 2. The maximum atomic E-state index is 11.0. The Labute approximate surface area is 114 Å². The highest BCUT2D eigenvalue weighted by Gasteiger charge is 2.14. The Hall–Kier alpha value is -1.52. The first kappa shape index (κ1) is 12.9. The van der Waals surface area contributed by atoms with Crippen molar-refractivity contribution in [2.75, 3.05) is 0 Å². The molecular formula is C12H10Cl2N2O2. The van der Waals surface area contributed by atoms with Crippen molar-refractivity contribution in [3.05, 3.63) is 45.2 Å². The Bertz CT molecular complexity index is 635. The molecule has 1 aromatic carbocycles. The van der Waals surface area contributed by atoms with Crippen LogP contribution in [0, 0.1) is 13.8 Å². The van der Waals surface area contributed by atoms with E-state index in [9.17, 15) is 4.79 Å². The van der Waals surface area contributed by atoms with Crippen LogP contribution in [0.4, 0.5) is 0 Å². The van der Waals surface area contributed by atoms with Gasteiger partial charge in [-0.2, -0.15) is 5.10 Å². The molecule has 4 nitrogen and oxygen atoms in total. The molecule has 6 heteroatoms. The average molecular weight is 285 g/mol. The standard InChI is InChI=1S/C12H10Cl2N2O2/c1-6-11(14)7(2)16(15-6)8-3-4-10(13)9(5-8)12(17)18/h3-5H,1-2H3,(H,17,18). The van der Waals surface area contributed by atoms with Crippen LogP contribution in [0.15, 0.2) is 18.2 Å². The summed E-state index contributed by atoms with van der Waals surface area (Å²) in [6, 6.07) is 4.70. The lowest BCUT2D eigenvalue weighted by molar-refractivity contribution is 0.0697. The molecule has 1 aromatic heterocycles. The zero-order valence-electron chi connectivity index (χ0n) is 9.74. The van der Waals surface area contributed by atoms with Crippen LogP contribution in [-0.4, -0.2) is 20.9 Å². The van der Waals surface area contributed by atoms with Crippen LogP contribution < -0.4 is 0 Å². The minimum Gasteiger partial charge on any atom is -0.478 e. The summed E-state index contributed by atoms with van der Waals surface area (Å²) < 4.78 is 1.60. The van der Waals surface area contributed by atoms with Crippen LogP contribution in [0.2, 0.25) is 10.0 Å². The van der Waals surface area contributed by atoms with E-state index in [0.29, 0.717) is 16.4 Å². The maximum absolute atomic E-state index is 11.0. The van der Waals surface area contributed by atoms with Crippen molar-refractivity contribution in [3.63, 3.8) is 0 Å². The second-order valence-corrected chi connectivity index (χ2v) is 4.65. The first-order valence-electron chi connectivity index (χ1n) is 5.16. The second kappa shape index (κ2) is 4.63. The summed E-state index contributed by atoms with van der Waals surface area (Å²) in [6.45, 7) is 3.61. The normalized spacial score (nSPS) is 10.7. The third-order valence-corrected chi connectivity index (χ3v) is 3.50. The van der Waals surface area contributed by atoms with Crippen molar-refractivity contribution in [1.29, 1.82) is 0 Å². The van der Waals surface area contributed by atoms with E-state index in [1.165, 1.54) is 12.1 Å². The van der Waals surface area contributed by atoms with Crippen LogP contribution >= 0.6 is 23.2 Å². The molecule has 1 heterocycles. The fraction of sp³-hybridized carbons (Fsp3) is 0.167. The van der Waals surface area contributed by atoms with E-state index in [1.807, 2.05) is 6.92 Å². The molecule has 0 aliphatic carbocycles. The van der Waals surface area contributed by atoms with E-state index in [4.69, 9.17) is 28.3 Å². The molecule has 1 N–H and O–H groups in total. The van der Waals surface area contributed by atoms with Gasteiger partial charge in [-0.05, 0) is 32.0 Å². The van der Waals surface area contributed by atoms with Gasteiger partial charge in [-0.3, -0.25) is 0 Å². The molecule has 2 rings (SSSR count). The summed E-state index contributed by atoms with van der Waals surface area (Å²) in [4.78, 5) is 11.0. The molecule has 0 bridgehead atoms. The van der Waals surface area contributed by atoms with E-state index in [0.717, 1.165) is 5.69 Å². The van der Waals surface area contributed by atoms with E-state index >= 15 is 0 Å². The highest BCUT2D eigenvalue weighted by molar-refractivity contribution is 6.33. The Morgan fingerprint density at radius 1 is 1.33 bits per heavy atom. The van der Waals surface area contributed by atoms with Crippen LogP contribution in [0.1, 0.15) is 21.7 Å². The molecule has 0 aliphatic rings. The fourth-order valence-electron chi connectivity index (χ4n) is 1.68. The van der Waals surface area contributed by atoms with E-state index < -0.39 is 5.97 Å². The molecule has 0 fully saturated rings.